The van der Waals surface area contributed by atoms with E-state index in [1.807, 2.05) is 0 Å². The van der Waals surface area contributed by atoms with E-state index in [-0.39, 0.29) is 22.5 Å². The minimum atomic E-state index is -3.77. The number of hydrogen-bond acceptors (Lipinski definition) is 5. The number of sulfonamides is 1. The highest BCUT2D eigenvalue weighted by atomic mass is 35.5. The Morgan fingerprint density at radius 3 is 2.85 bits per heavy atom. The summed E-state index contributed by atoms with van der Waals surface area (Å²) in [6, 6.07) is 3.53. The van der Waals surface area contributed by atoms with E-state index in [0.717, 1.165) is 25.5 Å². The Balaban J connectivity index is 2.16. The summed E-state index contributed by atoms with van der Waals surface area (Å²) in [5, 5.41) is 13.8. The van der Waals surface area contributed by atoms with E-state index in [1.54, 1.807) is 0 Å². The maximum Gasteiger partial charge on any atom is 0.289 e. The van der Waals surface area contributed by atoms with Crippen LogP contribution in [0.1, 0.15) is 12.8 Å². The molecular weight excluding hydrogens is 306 g/mol. The van der Waals surface area contributed by atoms with Crippen LogP contribution in [0.3, 0.4) is 0 Å². The summed E-state index contributed by atoms with van der Waals surface area (Å²) in [6.45, 7) is 1.14. The minimum absolute atomic E-state index is 0.0913. The monoisotopic (exact) mass is 319 g/mol. The second kappa shape index (κ2) is 6.04. The van der Waals surface area contributed by atoms with E-state index >= 15 is 0 Å². The average Bonchev–Trinajstić information content (AvgIpc) is 2.89. The Labute approximate surface area is 121 Å². The SMILES string of the molecule is O=[N+]([O-])c1cc(S(=O)(=O)NCC2CCCN2)ccc1Cl. The van der Waals surface area contributed by atoms with Crippen LogP contribution in [-0.2, 0) is 10.0 Å². The molecule has 0 radical (unpaired) electrons. The molecule has 1 aromatic rings. The highest BCUT2D eigenvalue weighted by molar-refractivity contribution is 7.89. The van der Waals surface area contributed by atoms with Gasteiger partial charge in [0.05, 0.1) is 9.82 Å². The molecule has 1 aliphatic rings. The van der Waals surface area contributed by atoms with Crippen molar-refractivity contribution in [3.63, 3.8) is 0 Å². The third kappa shape index (κ3) is 3.45. The fraction of sp³-hybridized carbons (Fsp3) is 0.455. The summed E-state index contributed by atoms with van der Waals surface area (Å²) >= 11 is 5.66. The van der Waals surface area contributed by atoms with E-state index in [9.17, 15) is 18.5 Å². The molecule has 2 N–H and O–H groups in total. The molecule has 7 nitrogen and oxygen atoms in total. The van der Waals surface area contributed by atoms with Gasteiger partial charge in [0, 0.05) is 18.7 Å². The van der Waals surface area contributed by atoms with Gasteiger partial charge in [-0.05, 0) is 31.5 Å². The van der Waals surface area contributed by atoms with Crippen LogP contribution in [0, 0.1) is 10.1 Å². The van der Waals surface area contributed by atoms with Crippen molar-refractivity contribution in [3.05, 3.63) is 33.3 Å². The van der Waals surface area contributed by atoms with E-state index in [2.05, 4.69) is 10.0 Å². The van der Waals surface area contributed by atoms with Crippen molar-refractivity contribution < 1.29 is 13.3 Å². The van der Waals surface area contributed by atoms with Crippen LogP contribution < -0.4 is 10.0 Å². The van der Waals surface area contributed by atoms with Crippen molar-refractivity contribution >= 4 is 27.3 Å². The Kier molecular flexibility index (Phi) is 4.59. The number of halogens is 1. The number of nitro benzene ring substituents is 1. The van der Waals surface area contributed by atoms with Gasteiger partial charge in [-0.1, -0.05) is 11.6 Å². The smallest absolute Gasteiger partial charge is 0.289 e. The maximum atomic E-state index is 12.1. The van der Waals surface area contributed by atoms with Crippen molar-refractivity contribution in [2.45, 2.75) is 23.8 Å². The quantitative estimate of drug-likeness (QED) is 0.629. The van der Waals surface area contributed by atoms with Gasteiger partial charge in [0.15, 0.2) is 0 Å². The van der Waals surface area contributed by atoms with E-state index in [1.165, 1.54) is 12.1 Å². The molecule has 1 saturated heterocycles. The highest BCUT2D eigenvalue weighted by Crippen LogP contribution is 2.26. The average molecular weight is 320 g/mol. The Morgan fingerprint density at radius 2 is 2.25 bits per heavy atom. The number of benzene rings is 1. The zero-order valence-electron chi connectivity index (χ0n) is 10.5. The Morgan fingerprint density at radius 1 is 1.50 bits per heavy atom. The van der Waals surface area contributed by atoms with Crippen molar-refractivity contribution in [2.24, 2.45) is 0 Å². The molecular formula is C11H14ClN3O4S. The number of hydrogen-bond donors (Lipinski definition) is 2. The summed E-state index contributed by atoms with van der Waals surface area (Å²) in [4.78, 5) is 9.89. The number of rotatable bonds is 5. The second-order valence-corrected chi connectivity index (χ2v) is 6.69. The first-order valence-corrected chi connectivity index (χ1v) is 7.93. The van der Waals surface area contributed by atoms with Gasteiger partial charge in [-0.2, -0.15) is 0 Å². The van der Waals surface area contributed by atoms with Crippen LogP contribution in [0.5, 0.6) is 0 Å². The molecule has 1 aliphatic heterocycles. The second-order valence-electron chi connectivity index (χ2n) is 4.52. The molecule has 0 aliphatic carbocycles. The highest BCUT2D eigenvalue weighted by Gasteiger charge is 2.22. The summed E-state index contributed by atoms with van der Waals surface area (Å²) < 4.78 is 26.6. The fourth-order valence-corrected chi connectivity index (χ4v) is 3.31. The number of nitro groups is 1. The number of nitrogens with zero attached hydrogens (tertiary/aromatic N) is 1. The van der Waals surface area contributed by atoms with Crippen LogP contribution in [0.2, 0.25) is 5.02 Å². The summed E-state index contributed by atoms with van der Waals surface area (Å²) in [6.07, 6.45) is 1.92. The van der Waals surface area contributed by atoms with Gasteiger partial charge in [0.25, 0.3) is 5.69 Å². The molecule has 1 unspecified atom stereocenters. The lowest BCUT2D eigenvalue weighted by atomic mass is 10.2. The van der Waals surface area contributed by atoms with Gasteiger partial charge in [-0.15, -0.1) is 0 Å². The number of nitrogens with one attached hydrogen (secondary N) is 2. The minimum Gasteiger partial charge on any atom is -0.313 e. The van der Waals surface area contributed by atoms with Gasteiger partial charge < -0.3 is 5.32 Å². The van der Waals surface area contributed by atoms with Crippen LogP contribution in [0.15, 0.2) is 23.1 Å². The third-order valence-electron chi connectivity index (χ3n) is 3.11. The molecule has 1 atom stereocenters. The summed E-state index contributed by atoms with van der Waals surface area (Å²) in [5.74, 6) is 0. The first kappa shape index (κ1) is 15.2. The molecule has 0 aromatic heterocycles. The van der Waals surface area contributed by atoms with Crippen molar-refractivity contribution in [2.75, 3.05) is 13.1 Å². The van der Waals surface area contributed by atoms with Gasteiger partial charge in [-0.25, -0.2) is 13.1 Å². The molecule has 2 rings (SSSR count). The van der Waals surface area contributed by atoms with E-state index in [0.29, 0.717) is 0 Å². The predicted octanol–water partition coefficient (Wildman–Crippen LogP) is 1.28. The van der Waals surface area contributed by atoms with Gasteiger partial charge in [-0.3, -0.25) is 10.1 Å². The molecule has 1 aromatic carbocycles. The Bertz CT molecular complexity index is 614. The summed E-state index contributed by atoms with van der Waals surface area (Å²) in [5.41, 5.74) is -0.423. The molecule has 0 bridgehead atoms. The topological polar surface area (TPSA) is 101 Å². The molecule has 1 fully saturated rings. The standard InChI is InChI=1S/C11H14ClN3O4S/c12-10-4-3-9(6-11(10)15(16)17)20(18,19)14-7-8-2-1-5-13-8/h3-4,6,8,13-14H,1-2,5,7H2. The lowest BCUT2D eigenvalue weighted by molar-refractivity contribution is -0.384. The lowest BCUT2D eigenvalue weighted by Gasteiger charge is -2.12. The predicted molar refractivity (Wildman–Crippen MR) is 74.3 cm³/mol. The van der Waals surface area contributed by atoms with Crippen molar-refractivity contribution in [1.29, 1.82) is 0 Å². The third-order valence-corrected chi connectivity index (χ3v) is 4.85. The van der Waals surface area contributed by atoms with Crippen LogP contribution in [0.25, 0.3) is 0 Å². The summed E-state index contributed by atoms with van der Waals surface area (Å²) in [7, 11) is -3.77. The van der Waals surface area contributed by atoms with Crippen molar-refractivity contribution in [3.8, 4) is 0 Å². The zero-order chi connectivity index (χ0) is 14.8. The van der Waals surface area contributed by atoms with Gasteiger partial charge in [0.2, 0.25) is 10.0 Å². The molecule has 0 spiro atoms. The molecule has 0 saturated carbocycles. The first-order valence-electron chi connectivity index (χ1n) is 6.07. The first-order chi connectivity index (χ1) is 9.40. The fourth-order valence-electron chi connectivity index (χ4n) is 2.02. The van der Waals surface area contributed by atoms with Crippen LogP contribution >= 0.6 is 11.6 Å². The van der Waals surface area contributed by atoms with Crippen molar-refractivity contribution in [1.82, 2.24) is 10.0 Å². The van der Waals surface area contributed by atoms with Crippen LogP contribution in [-0.4, -0.2) is 32.5 Å². The molecule has 1 heterocycles. The van der Waals surface area contributed by atoms with E-state index < -0.39 is 20.6 Å². The largest absolute Gasteiger partial charge is 0.313 e. The molecule has 110 valence electrons. The molecule has 20 heavy (non-hydrogen) atoms. The van der Waals surface area contributed by atoms with E-state index in [4.69, 9.17) is 11.6 Å². The van der Waals surface area contributed by atoms with Crippen LogP contribution in [0.4, 0.5) is 5.69 Å². The zero-order valence-corrected chi connectivity index (χ0v) is 12.1. The van der Waals surface area contributed by atoms with Gasteiger partial charge >= 0.3 is 0 Å². The maximum absolute atomic E-state index is 12.1. The van der Waals surface area contributed by atoms with Gasteiger partial charge in [0.1, 0.15) is 5.02 Å². The molecule has 0 amide bonds. The lowest BCUT2D eigenvalue weighted by Crippen LogP contribution is -2.37. The Hall–Kier alpha value is -1.22. The normalized spacial score (nSPS) is 19.1. The molecule has 9 heteroatoms.